The molecule has 1 atom stereocenters. The highest BCUT2D eigenvalue weighted by Crippen LogP contribution is 2.07. The van der Waals surface area contributed by atoms with Gasteiger partial charge in [0.05, 0.1) is 12.4 Å². The van der Waals surface area contributed by atoms with Crippen molar-refractivity contribution in [3.8, 4) is 0 Å². The van der Waals surface area contributed by atoms with Gasteiger partial charge >= 0.3 is 5.97 Å². The maximum absolute atomic E-state index is 11.8. The molecule has 1 unspecified atom stereocenters. The Balaban J connectivity index is 2.64. The van der Waals surface area contributed by atoms with Gasteiger partial charge in [0, 0.05) is 19.7 Å². The van der Waals surface area contributed by atoms with Crippen LogP contribution in [0.5, 0.6) is 0 Å². The van der Waals surface area contributed by atoms with E-state index in [1.54, 1.807) is 0 Å². The summed E-state index contributed by atoms with van der Waals surface area (Å²) < 4.78 is 29.9. The monoisotopic (exact) mass is 252 g/mol. The first kappa shape index (κ1) is 13.4. The zero-order valence-corrected chi connectivity index (χ0v) is 9.65. The summed E-state index contributed by atoms with van der Waals surface area (Å²) in [7, 11) is -3.60. The molecule has 0 aromatic heterocycles. The fourth-order valence-corrected chi connectivity index (χ4v) is 2.97. The van der Waals surface area contributed by atoms with Crippen molar-refractivity contribution < 1.29 is 23.1 Å². The SMILES string of the molecule is NC(CS(=O)(=O)N1CCCOCC1)C(=O)O. The molecule has 0 radical (unpaired) electrons. The average molecular weight is 252 g/mol. The molecular weight excluding hydrogens is 236 g/mol. The molecule has 1 aliphatic heterocycles. The fraction of sp³-hybridized carbons (Fsp3) is 0.875. The lowest BCUT2D eigenvalue weighted by atomic mass is 10.4. The summed E-state index contributed by atoms with van der Waals surface area (Å²) in [5.41, 5.74) is 5.21. The largest absolute Gasteiger partial charge is 0.480 e. The van der Waals surface area contributed by atoms with Crippen LogP contribution >= 0.6 is 0 Å². The molecule has 1 rings (SSSR count). The second kappa shape index (κ2) is 5.58. The van der Waals surface area contributed by atoms with Crippen molar-refractivity contribution in [3.63, 3.8) is 0 Å². The van der Waals surface area contributed by atoms with E-state index in [0.29, 0.717) is 26.2 Å². The molecule has 1 saturated heterocycles. The van der Waals surface area contributed by atoms with Crippen molar-refractivity contribution in [3.05, 3.63) is 0 Å². The Bertz CT molecular complexity index is 334. The summed E-state index contributed by atoms with van der Waals surface area (Å²) in [6, 6.07) is -1.38. The number of sulfonamides is 1. The number of carboxylic acids is 1. The Morgan fingerprint density at radius 2 is 2.12 bits per heavy atom. The molecule has 16 heavy (non-hydrogen) atoms. The van der Waals surface area contributed by atoms with E-state index in [0.717, 1.165) is 0 Å². The molecule has 3 N–H and O–H groups in total. The quantitative estimate of drug-likeness (QED) is 0.627. The fourth-order valence-electron chi connectivity index (χ4n) is 1.40. The summed E-state index contributed by atoms with van der Waals surface area (Å²) in [4.78, 5) is 10.5. The van der Waals surface area contributed by atoms with E-state index in [9.17, 15) is 13.2 Å². The van der Waals surface area contributed by atoms with Crippen LogP contribution in [0.25, 0.3) is 0 Å². The minimum atomic E-state index is -3.60. The van der Waals surface area contributed by atoms with Crippen LogP contribution in [0, 0.1) is 0 Å². The van der Waals surface area contributed by atoms with Crippen molar-refractivity contribution in [2.45, 2.75) is 12.5 Å². The molecule has 8 heteroatoms. The maximum Gasteiger partial charge on any atom is 0.321 e. The number of nitrogens with zero attached hydrogens (tertiary/aromatic N) is 1. The number of aliphatic carboxylic acids is 1. The third-order valence-electron chi connectivity index (χ3n) is 2.28. The molecule has 7 nitrogen and oxygen atoms in total. The smallest absolute Gasteiger partial charge is 0.321 e. The van der Waals surface area contributed by atoms with Gasteiger partial charge in [-0.05, 0) is 6.42 Å². The van der Waals surface area contributed by atoms with E-state index in [-0.39, 0.29) is 6.54 Å². The molecule has 0 aromatic carbocycles. The van der Waals surface area contributed by atoms with Crippen molar-refractivity contribution in [2.75, 3.05) is 32.1 Å². The normalized spacial score (nSPS) is 21.3. The van der Waals surface area contributed by atoms with Crippen molar-refractivity contribution in [2.24, 2.45) is 5.73 Å². The topological polar surface area (TPSA) is 110 Å². The summed E-state index contributed by atoms with van der Waals surface area (Å²) in [6.45, 7) is 1.47. The van der Waals surface area contributed by atoms with Crippen LogP contribution in [-0.4, -0.2) is 61.9 Å². The summed E-state index contributed by atoms with van der Waals surface area (Å²) in [5.74, 6) is -1.88. The van der Waals surface area contributed by atoms with Crippen LogP contribution in [0.15, 0.2) is 0 Å². The third-order valence-corrected chi connectivity index (χ3v) is 4.21. The van der Waals surface area contributed by atoms with E-state index in [1.165, 1.54) is 4.31 Å². The van der Waals surface area contributed by atoms with E-state index in [2.05, 4.69) is 0 Å². The van der Waals surface area contributed by atoms with Gasteiger partial charge in [-0.2, -0.15) is 4.31 Å². The van der Waals surface area contributed by atoms with Gasteiger partial charge in [0.15, 0.2) is 0 Å². The highest BCUT2D eigenvalue weighted by Gasteiger charge is 2.28. The molecule has 0 amide bonds. The number of nitrogens with two attached hydrogens (primary N) is 1. The van der Waals surface area contributed by atoms with Gasteiger partial charge in [0.25, 0.3) is 0 Å². The number of hydrogen-bond donors (Lipinski definition) is 2. The number of carboxylic acid groups (broad SMARTS) is 1. The van der Waals surface area contributed by atoms with Gasteiger partial charge in [-0.15, -0.1) is 0 Å². The Morgan fingerprint density at radius 1 is 1.44 bits per heavy atom. The van der Waals surface area contributed by atoms with Crippen LogP contribution in [-0.2, 0) is 19.6 Å². The predicted octanol–water partition coefficient (Wildman–Crippen LogP) is -1.55. The van der Waals surface area contributed by atoms with Gasteiger partial charge in [-0.25, -0.2) is 8.42 Å². The molecule has 1 fully saturated rings. The highest BCUT2D eigenvalue weighted by molar-refractivity contribution is 7.89. The number of rotatable bonds is 4. The average Bonchev–Trinajstić information content (AvgIpc) is 2.45. The second-order valence-corrected chi connectivity index (χ2v) is 5.60. The molecule has 1 heterocycles. The standard InChI is InChI=1S/C8H16N2O5S/c9-7(8(11)12)6-16(13,14)10-2-1-4-15-5-3-10/h7H,1-6,9H2,(H,11,12). The summed E-state index contributed by atoms with van der Waals surface area (Å²) >= 11 is 0. The minimum absolute atomic E-state index is 0.259. The number of carbonyl (C=O) groups is 1. The lowest BCUT2D eigenvalue weighted by molar-refractivity contribution is -0.137. The Morgan fingerprint density at radius 3 is 2.75 bits per heavy atom. The van der Waals surface area contributed by atoms with Crippen LogP contribution < -0.4 is 5.73 Å². The number of ether oxygens (including phenoxy) is 1. The first-order valence-corrected chi connectivity index (χ1v) is 6.58. The maximum atomic E-state index is 11.8. The Kier molecular flexibility index (Phi) is 4.66. The molecule has 94 valence electrons. The minimum Gasteiger partial charge on any atom is -0.480 e. The van der Waals surface area contributed by atoms with Gasteiger partial charge in [0.2, 0.25) is 10.0 Å². The molecule has 0 spiro atoms. The first-order chi connectivity index (χ1) is 7.43. The van der Waals surface area contributed by atoms with Crippen LogP contribution in [0.3, 0.4) is 0 Å². The van der Waals surface area contributed by atoms with Crippen molar-refractivity contribution in [1.29, 1.82) is 0 Å². The Labute approximate surface area is 94.2 Å². The lowest BCUT2D eigenvalue weighted by Crippen LogP contribution is -2.44. The summed E-state index contributed by atoms with van der Waals surface area (Å²) in [5, 5.41) is 8.57. The lowest BCUT2D eigenvalue weighted by Gasteiger charge is -2.20. The van der Waals surface area contributed by atoms with Crippen LogP contribution in [0.4, 0.5) is 0 Å². The third kappa shape index (κ3) is 3.71. The molecular formula is C8H16N2O5S. The van der Waals surface area contributed by atoms with Crippen LogP contribution in [0.1, 0.15) is 6.42 Å². The van der Waals surface area contributed by atoms with Crippen molar-refractivity contribution >= 4 is 16.0 Å². The van der Waals surface area contributed by atoms with Gasteiger partial charge in [-0.3, -0.25) is 4.79 Å². The van der Waals surface area contributed by atoms with E-state index < -0.39 is 27.8 Å². The summed E-state index contributed by atoms with van der Waals surface area (Å²) in [6.07, 6.45) is 0.613. The van der Waals surface area contributed by atoms with E-state index in [1.807, 2.05) is 0 Å². The van der Waals surface area contributed by atoms with E-state index >= 15 is 0 Å². The molecule has 0 bridgehead atoms. The van der Waals surface area contributed by atoms with Crippen LogP contribution in [0.2, 0.25) is 0 Å². The Hall–Kier alpha value is -0.700. The zero-order valence-electron chi connectivity index (χ0n) is 8.83. The molecule has 1 aliphatic rings. The van der Waals surface area contributed by atoms with E-state index in [4.69, 9.17) is 15.6 Å². The molecule has 0 saturated carbocycles. The number of hydrogen-bond acceptors (Lipinski definition) is 5. The molecule has 0 aliphatic carbocycles. The van der Waals surface area contributed by atoms with Gasteiger partial charge in [0.1, 0.15) is 6.04 Å². The first-order valence-electron chi connectivity index (χ1n) is 4.97. The second-order valence-electron chi connectivity index (χ2n) is 3.59. The van der Waals surface area contributed by atoms with Gasteiger partial charge in [-0.1, -0.05) is 0 Å². The van der Waals surface area contributed by atoms with Gasteiger partial charge < -0.3 is 15.6 Å². The zero-order chi connectivity index (χ0) is 12.2. The highest BCUT2D eigenvalue weighted by atomic mass is 32.2. The van der Waals surface area contributed by atoms with Crippen molar-refractivity contribution in [1.82, 2.24) is 4.31 Å². The predicted molar refractivity (Wildman–Crippen MR) is 56.4 cm³/mol. The molecule has 0 aromatic rings.